The minimum atomic E-state index is -0.315. The highest BCUT2D eigenvalue weighted by Crippen LogP contribution is 2.27. The largest absolute Gasteiger partial charge is 0.369 e. The monoisotopic (exact) mass is 215 g/mol. The third kappa shape index (κ3) is 2.94. The summed E-state index contributed by atoms with van der Waals surface area (Å²) in [5.74, 6) is -0.0226. The second-order valence-electron chi connectivity index (χ2n) is 2.62. The summed E-state index contributed by atoms with van der Waals surface area (Å²) in [7, 11) is 0. The van der Waals surface area contributed by atoms with Gasteiger partial charge in [0.1, 0.15) is 0 Å². The number of carbonyl (C=O) groups excluding carboxylic acids is 1. The molecule has 1 aromatic carbocycles. The number of hydrogen-bond acceptors (Lipinski definition) is 2. The molecule has 0 saturated heterocycles. The minimum Gasteiger partial charge on any atom is -0.369 e. The topological polar surface area (TPSA) is 43.1 Å². The van der Waals surface area contributed by atoms with Crippen LogP contribution in [0.4, 0.5) is 0 Å². The van der Waals surface area contributed by atoms with Crippen LogP contribution in [-0.4, -0.2) is 11.7 Å². The van der Waals surface area contributed by atoms with E-state index in [0.29, 0.717) is 5.75 Å². The van der Waals surface area contributed by atoms with E-state index in [1.165, 1.54) is 11.8 Å². The first-order chi connectivity index (χ1) is 6.11. The van der Waals surface area contributed by atoms with Crippen molar-refractivity contribution in [2.45, 2.75) is 11.8 Å². The van der Waals surface area contributed by atoms with Crippen LogP contribution in [0.1, 0.15) is 5.56 Å². The van der Waals surface area contributed by atoms with Crippen molar-refractivity contribution in [3.05, 3.63) is 28.8 Å². The van der Waals surface area contributed by atoms with Gasteiger partial charge in [-0.2, -0.15) is 0 Å². The number of thioether (sulfide) groups is 1. The lowest BCUT2D eigenvalue weighted by Crippen LogP contribution is -2.13. The molecule has 0 aliphatic carbocycles. The minimum absolute atomic E-state index is 0.293. The normalized spacial score (nSPS) is 10.0. The zero-order valence-electron chi connectivity index (χ0n) is 7.21. The van der Waals surface area contributed by atoms with Gasteiger partial charge in [0, 0.05) is 9.92 Å². The van der Waals surface area contributed by atoms with E-state index < -0.39 is 0 Å². The van der Waals surface area contributed by atoms with Gasteiger partial charge in [0.25, 0.3) is 0 Å². The molecule has 1 rings (SSSR count). The van der Waals surface area contributed by atoms with Gasteiger partial charge in [-0.25, -0.2) is 0 Å². The Labute approximate surface area is 86.5 Å². The van der Waals surface area contributed by atoms with Crippen molar-refractivity contribution < 1.29 is 4.79 Å². The number of hydrogen-bond donors (Lipinski definition) is 1. The predicted molar refractivity (Wildman–Crippen MR) is 56.1 cm³/mol. The van der Waals surface area contributed by atoms with Gasteiger partial charge in [-0.15, -0.1) is 11.8 Å². The van der Waals surface area contributed by atoms with Gasteiger partial charge >= 0.3 is 0 Å². The van der Waals surface area contributed by atoms with Crippen LogP contribution in [0.2, 0.25) is 5.02 Å². The summed E-state index contributed by atoms with van der Waals surface area (Å²) in [6, 6.07) is 5.61. The average molecular weight is 216 g/mol. The molecular weight excluding hydrogens is 206 g/mol. The van der Waals surface area contributed by atoms with Crippen molar-refractivity contribution in [3.63, 3.8) is 0 Å². The summed E-state index contributed by atoms with van der Waals surface area (Å²) < 4.78 is 0. The number of amides is 1. The van der Waals surface area contributed by atoms with Crippen LogP contribution in [0.15, 0.2) is 23.1 Å². The van der Waals surface area contributed by atoms with Crippen molar-refractivity contribution in [1.29, 1.82) is 0 Å². The molecule has 1 aromatic rings. The SMILES string of the molecule is Cc1c(Cl)cccc1SCC(N)=O. The van der Waals surface area contributed by atoms with Gasteiger partial charge in [-0.05, 0) is 24.6 Å². The quantitative estimate of drug-likeness (QED) is 0.786. The molecule has 0 radical (unpaired) electrons. The molecule has 4 heteroatoms. The van der Waals surface area contributed by atoms with Crippen molar-refractivity contribution in [2.24, 2.45) is 5.73 Å². The highest BCUT2D eigenvalue weighted by Gasteiger charge is 2.03. The Morgan fingerprint density at radius 3 is 2.92 bits per heavy atom. The van der Waals surface area contributed by atoms with E-state index >= 15 is 0 Å². The van der Waals surface area contributed by atoms with Crippen molar-refractivity contribution in [1.82, 2.24) is 0 Å². The molecule has 0 atom stereocenters. The van der Waals surface area contributed by atoms with E-state index in [1.807, 2.05) is 25.1 Å². The standard InChI is InChI=1S/C9H10ClNOS/c1-6-7(10)3-2-4-8(6)13-5-9(11)12/h2-4H,5H2,1H3,(H2,11,12). The summed E-state index contributed by atoms with van der Waals surface area (Å²) in [6.45, 7) is 1.92. The van der Waals surface area contributed by atoms with Crippen LogP contribution in [0.25, 0.3) is 0 Å². The number of halogens is 1. The number of benzene rings is 1. The molecular formula is C9H10ClNOS. The van der Waals surface area contributed by atoms with Crippen molar-refractivity contribution >= 4 is 29.3 Å². The van der Waals surface area contributed by atoms with E-state index in [4.69, 9.17) is 17.3 Å². The lowest BCUT2D eigenvalue weighted by Gasteiger charge is -2.04. The maximum absolute atomic E-state index is 10.5. The summed E-state index contributed by atoms with van der Waals surface area (Å²) in [5, 5.41) is 0.717. The molecule has 0 fully saturated rings. The number of nitrogens with two attached hydrogens (primary N) is 1. The maximum Gasteiger partial charge on any atom is 0.227 e. The zero-order chi connectivity index (χ0) is 9.84. The van der Waals surface area contributed by atoms with Gasteiger partial charge in [0.15, 0.2) is 0 Å². The molecule has 2 nitrogen and oxygen atoms in total. The summed E-state index contributed by atoms with van der Waals surface area (Å²) >= 11 is 7.31. The molecule has 70 valence electrons. The first-order valence-corrected chi connectivity index (χ1v) is 5.14. The van der Waals surface area contributed by atoms with E-state index in [0.717, 1.165) is 15.5 Å². The second kappa shape index (κ2) is 4.53. The molecule has 1 amide bonds. The number of primary amides is 1. The maximum atomic E-state index is 10.5. The lowest BCUT2D eigenvalue weighted by molar-refractivity contribution is -0.115. The third-order valence-electron chi connectivity index (χ3n) is 1.59. The van der Waals surface area contributed by atoms with Crippen LogP contribution < -0.4 is 5.73 Å². The molecule has 0 heterocycles. The Balaban J connectivity index is 2.77. The van der Waals surface area contributed by atoms with Crippen LogP contribution in [0.5, 0.6) is 0 Å². The Morgan fingerprint density at radius 2 is 2.31 bits per heavy atom. The molecule has 0 saturated carbocycles. The van der Waals surface area contributed by atoms with Gasteiger partial charge in [-0.3, -0.25) is 4.79 Å². The fourth-order valence-corrected chi connectivity index (χ4v) is 1.92. The predicted octanol–water partition coefficient (Wildman–Crippen LogP) is 2.23. The molecule has 0 unspecified atom stereocenters. The van der Waals surface area contributed by atoms with Crippen LogP contribution in [0, 0.1) is 6.92 Å². The van der Waals surface area contributed by atoms with E-state index in [9.17, 15) is 4.79 Å². The van der Waals surface area contributed by atoms with E-state index in [2.05, 4.69) is 0 Å². The fourth-order valence-electron chi connectivity index (χ4n) is 0.893. The van der Waals surface area contributed by atoms with Crippen LogP contribution in [0.3, 0.4) is 0 Å². The molecule has 13 heavy (non-hydrogen) atoms. The molecule has 0 bridgehead atoms. The van der Waals surface area contributed by atoms with Crippen LogP contribution in [-0.2, 0) is 4.79 Å². The second-order valence-corrected chi connectivity index (χ2v) is 4.04. The Bertz CT molecular complexity index is 327. The Morgan fingerprint density at radius 1 is 1.62 bits per heavy atom. The van der Waals surface area contributed by atoms with Gasteiger partial charge < -0.3 is 5.73 Å². The number of rotatable bonds is 3. The number of carbonyl (C=O) groups is 1. The Hall–Kier alpha value is -0.670. The van der Waals surface area contributed by atoms with E-state index in [-0.39, 0.29) is 5.91 Å². The average Bonchev–Trinajstić information content (AvgIpc) is 2.07. The van der Waals surface area contributed by atoms with Crippen molar-refractivity contribution in [3.8, 4) is 0 Å². The van der Waals surface area contributed by atoms with Crippen LogP contribution >= 0.6 is 23.4 Å². The summed E-state index contributed by atoms with van der Waals surface area (Å²) in [4.78, 5) is 11.5. The van der Waals surface area contributed by atoms with Gasteiger partial charge in [-0.1, -0.05) is 17.7 Å². The first kappa shape index (κ1) is 10.4. The Kier molecular flexibility index (Phi) is 3.63. The van der Waals surface area contributed by atoms with Gasteiger partial charge in [0.2, 0.25) is 5.91 Å². The third-order valence-corrected chi connectivity index (χ3v) is 3.18. The molecule has 0 aromatic heterocycles. The van der Waals surface area contributed by atoms with E-state index in [1.54, 1.807) is 0 Å². The molecule has 2 N–H and O–H groups in total. The fraction of sp³-hybridized carbons (Fsp3) is 0.222. The highest BCUT2D eigenvalue weighted by molar-refractivity contribution is 8.00. The zero-order valence-corrected chi connectivity index (χ0v) is 8.78. The molecule has 0 aliphatic rings. The van der Waals surface area contributed by atoms with Crippen molar-refractivity contribution in [2.75, 3.05) is 5.75 Å². The lowest BCUT2D eigenvalue weighted by atomic mass is 10.2. The highest BCUT2D eigenvalue weighted by atomic mass is 35.5. The first-order valence-electron chi connectivity index (χ1n) is 3.77. The summed E-state index contributed by atoms with van der Waals surface area (Å²) in [6.07, 6.45) is 0. The smallest absolute Gasteiger partial charge is 0.227 e. The molecule has 0 aliphatic heterocycles. The summed E-state index contributed by atoms with van der Waals surface area (Å²) in [5.41, 5.74) is 6.03. The molecule has 0 spiro atoms. The van der Waals surface area contributed by atoms with Gasteiger partial charge in [0.05, 0.1) is 5.75 Å².